The number of nitrogens with zero attached hydrogens (tertiary/aromatic N) is 2. The van der Waals surface area contributed by atoms with E-state index in [2.05, 4.69) is 94.2 Å². The molecule has 3 aromatic carbocycles. The van der Waals surface area contributed by atoms with E-state index in [1.807, 2.05) is 24.5 Å². The zero-order chi connectivity index (χ0) is 21.3. The third-order valence-corrected chi connectivity index (χ3v) is 4.79. The molecule has 150 valence electrons. The molecular formula is C26H26N4. The second-order valence-corrected chi connectivity index (χ2v) is 6.31. The van der Waals surface area contributed by atoms with Crippen LogP contribution in [-0.4, -0.2) is 24.1 Å². The molecule has 5 rings (SSSR count). The fraction of sp³-hybridized carbons (Fsp3) is 0.0769. The Balaban J connectivity index is 0.000000606. The Morgan fingerprint density at radius 3 is 1.20 bits per heavy atom. The van der Waals surface area contributed by atoms with E-state index in [1.54, 1.807) is 0 Å². The predicted molar refractivity (Wildman–Crippen MR) is 128 cm³/mol. The van der Waals surface area contributed by atoms with Crippen LogP contribution in [0.25, 0.3) is 44.1 Å². The van der Waals surface area contributed by atoms with Gasteiger partial charge in [0.15, 0.2) is 0 Å². The molecule has 0 saturated carbocycles. The average molecular weight is 395 g/mol. The minimum Gasteiger partial charge on any atom is -0.333 e. The first-order valence-electron chi connectivity index (χ1n) is 9.84. The van der Waals surface area contributed by atoms with Crippen LogP contribution in [-0.2, 0) is 0 Å². The Morgan fingerprint density at radius 1 is 0.467 bits per heavy atom. The van der Waals surface area contributed by atoms with E-state index in [9.17, 15) is 0 Å². The molecule has 0 saturated heterocycles. The smallest absolute Gasteiger partial charge is 0.0970 e. The summed E-state index contributed by atoms with van der Waals surface area (Å²) in [4.78, 5) is 9.34. The Labute approximate surface area is 177 Å². The van der Waals surface area contributed by atoms with Crippen LogP contribution >= 0.6 is 0 Å². The molecule has 2 aromatic heterocycles. The van der Waals surface area contributed by atoms with Crippen molar-refractivity contribution in [3.8, 4) is 22.3 Å². The maximum Gasteiger partial charge on any atom is 0.0970 e. The molecule has 5 aromatic rings. The first-order chi connectivity index (χ1) is 14.9. The van der Waals surface area contributed by atoms with Gasteiger partial charge in [-0.3, -0.25) is 9.97 Å². The van der Waals surface area contributed by atoms with Gasteiger partial charge in [-0.25, -0.2) is 0 Å². The number of fused-ring (bicyclic) bond motifs is 3. The highest BCUT2D eigenvalue weighted by Crippen LogP contribution is 2.34. The first-order valence-corrected chi connectivity index (χ1v) is 9.84. The predicted octanol–water partition coefficient (Wildman–Crippen LogP) is 5.27. The quantitative estimate of drug-likeness (QED) is 0.400. The molecule has 4 heteroatoms. The van der Waals surface area contributed by atoms with Gasteiger partial charge in [-0.2, -0.15) is 0 Å². The monoisotopic (exact) mass is 394 g/mol. The zero-order valence-electron chi connectivity index (χ0n) is 17.3. The second-order valence-electron chi connectivity index (χ2n) is 6.31. The van der Waals surface area contributed by atoms with Gasteiger partial charge < -0.3 is 11.5 Å². The lowest BCUT2D eigenvalue weighted by molar-refractivity contribution is 1.37. The van der Waals surface area contributed by atoms with Crippen LogP contribution in [0.15, 0.2) is 97.3 Å². The second kappa shape index (κ2) is 10.3. The third-order valence-electron chi connectivity index (χ3n) is 4.79. The molecule has 0 amide bonds. The van der Waals surface area contributed by atoms with Crippen LogP contribution < -0.4 is 11.5 Å². The molecule has 30 heavy (non-hydrogen) atoms. The summed E-state index contributed by atoms with van der Waals surface area (Å²) in [5.41, 5.74) is 15.6. The van der Waals surface area contributed by atoms with Crippen LogP contribution in [0, 0.1) is 0 Å². The lowest BCUT2D eigenvalue weighted by Gasteiger charge is -2.11. The van der Waals surface area contributed by atoms with E-state index in [0.29, 0.717) is 0 Å². The summed E-state index contributed by atoms with van der Waals surface area (Å²) in [7, 11) is 3.00. The Kier molecular flexibility index (Phi) is 7.22. The molecule has 0 radical (unpaired) electrons. The van der Waals surface area contributed by atoms with Crippen molar-refractivity contribution >= 4 is 21.8 Å². The van der Waals surface area contributed by atoms with E-state index < -0.39 is 0 Å². The van der Waals surface area contributed by atoms with Gasteiger partial charge >= 0.3 is 0 Å². The van der Waals surface area contributed by atoms with Crippen molar-refractivity contribution < 1.29 is 0 Å². The van der Waals surface area contributed by atoms with Crippen molar-refractivity contribution in [2.24, 2.45) is 11.5 Å². The Bertz CT molecular complexity index is 1120. The standard InChI is InChI=1S/C24H16N2.2CH5N/c1-3-7-17(8-4-1)19-13-15-25-23-21(19)11-12-22-20(14-16-26-24(22)23)18-9-5-2-6-10-18;2*1-2/h1-16H;2*2H2,1H3. The van der Waals surface area contributed by atoms with Gasteiger partial charge in [0.2, 0.25) is 0 Å². The van der Waals surface area contributed by atoms with Crippen molar-refractivity contribution in [1.29, 1.82) is 0 Å². The number of nitrogens with two attached hydrogens (primary N) is 2. The molecule has 0 bridgehead atoms. The molecule has 0 atom stereocenters. The number of hydrogen-bond acceptors (Lipinski definition) is 4. The summed E-state index contributed by atoms with van der Waals surface area (Å²) in [6.07, 6.45) is 3.75. The SMILES string of the molecule is CN.CN.c1ccc(-c2ccnc3c2ccc2c(-c4ccccc4)ccnc23)cc1. The van der Waals surface area contributed by atoms with Crippen molar-refractivity contribution in [2.75, 3.05) is 14.1 Å². The van der Waals surface area contributed by atoms with Crippen LogP contribution in [0.3, 0.4) is 0 Å². The molecule has 0 spiro atoms. The number of rotatable bonds is 2. The third kappa shape index (κ3) is 4.06. The average Bonchev–Trinajstić information content (AvgIpc) is 2.86. The van der Waals surface area contributed by atoms with Crippen LogP contribution in [0.4, 0.5) is 0 Å². The lowest BCUT2D eigenvalue weighted by atomic mass is 9.97. The van der Waals surface area contributed by atoms with Gasteiger partial charge in [-0.05, 0) is 48.5 Å². The molecule has 4 nitrogen and oxygen atoms in total. The highest BCUT2D eigenvalue weighted by molar-refractivity contribution is 6.11. The van der Waals surface area contributed by atoms with Gasteiger partial charge in [-0.1, -0.05) is 72.8 Å². The maximum absolute atomic E-state index is 4.67. The number of pyridine rings is 2. The van der Waals surface area contributed by atoms with Crippen molar-refractivity contribution in [2.45, 2.75) is 0 Å². The van der Waals surface area contributed by atoms with Crippen LogP contribution in [0.5, 0.6) is 0 Å². The van der Waals surface area contributed by atoms with Gasteiger partial charge in [-0.15, -0.1) is 0 Å². The number of benzene rings is 3. The van der Waals surface area contributed by atoms with E-state index in [1.165, 1.54) is 36.3 Å². The fourth-order valence-corrected chi connectivity index (χ4v) is 3.57. The molecule has 0 unspecified atom stereocenters. The highest BCUT2D eigenvalue weighted by atomic mass is 14.7. The number of hydrogen-bond donors (Lipinski definition) is 2. The van der Waals surface area contributed by atoms with Gasteiger partial charge in [0, 0.05) is 23.2 Å². The molecule has 2 heterocycles. The summed E-state index contributed by atoms with van der Waals surface area (Å²) >= 11 is 0. The molecule has 0 aliphatic carbocycles. The summed E-state index contributed by atoms with van der Waals surface area (Å²) < 4.78 is 0. The molecular weight excluding hydrogens is 368 g/mol. The molecule has 4 N–H and O–H groups in total. The van der Waals surface area contributed by atoms with E-state index in [-0.39, 0.29) is 0 Å². The Hall–Kier alpha value is -3.60. The highest BCUT2D eigenvalue weighted by Gasteiger charge is 2.11. The molecule has 0 aliphatic rings. The van der Waals surface area contributed by atoms with Gasteiger partial charge in [0.1, 0.15) is 0 Å². The Morgan fingerprint density at radius 2 is 0.833 bits per heavy atom. The van der Waals surface area contributed by atoms with E-state index in [4.69, 9.17) is 0 Å². The topological polar surface area (TPSA) is 77.8 Å². The zero-order valence-corrected chi connectivity index (χ0v) is 17.3. The van der Waals surface area contributed by atoms with Crippen LogP contribution in [0.1, 0.15) is 0 Å². The first kappa shape index (κ1) is 21.1. The summed E-state index contributed by atoms with van der Waals surface area (Å²) in [5, 5.41) is 2.26. The summed E-state index contributed by atoms with van der Waals surface area (Å²) in [6, 6.07) is 29.3. The minimum absolute atomic E-state index is 0.946. The lowest BCUT2D eigenvalue weighted by Crippen LogP contribution is -1.90. The minimum atomic E-state index is 0.946. The summed E-state index contributed by atoms with van der Waals surface area (Å²) in [6.45, 7) is 0. The van der Waals surface area contributed by atoms with Crippen molar-refractivity contribution in [1.82, 2.24) is 9.97 Å². The molecule has 0 aliphatic heterocycles. The van der Waals surface area contributed by atoms with Crippen molar-refractivity contribution in [3.63, 3.8) is 0 Å². The normalized spacial score (nSPS) is 10.0. The van der Waals surface area contributed by atoms with Crippen LogP contribution in [0.2, 0.25) is 0 Å². The van der Waals surface area contributed by atoms with Gasteiger partial charge in [0.25, 0.3) is 0 Å². The van der Waals surface area contributed by atoms with E-state index >= 15 is 0 Å². The maximum atomic E-state index is 4.67. The largest absolute Gasteiger partial charge is 0.333 e. The molecule has 0 fully saturated rings. The number of aromatic nitrogens is 2. The van der Waals surface area contributed by atoms with Gasteiger partial charge in [0.05, 0.1) is 11.0 Å². The van der Waals surface area contributed by atoms with Crippen molar-refractivity contribution in [3.05, 3.63) is 97.3 Å². The van der Waals surface area contributed by atoms with E-state index in [0.717, 1.165) is 21.8 Å². The fourth-order valence-electron chi connectivity index (χ4n) is 3.57. The summed E-state index contributed by atoms with van der Waals surface area (Å²) in [5.74, 6) is 0.